The van der Waals surface area contributed by atoms with Crippen molar-refractivity contribution in [3.63, 3.8) is 0 Å². The van der Waals surface area contributed by atoms with Gasteiger partial charge in [0, 0.05) is 12.1 Å². The molecular weight excluding hydrogens is 379 g/mol. The van der Waals surface area contributed by atoms with Crippen molar-refractivity contribution in [2.45, 2.75) is 32.7 Å². The maximum Gasteiger partial charge on any atom is 0.242 e. The van der Waals surface area contributed by atoms with Crippen LogP contribution >= 0.6 is 24.0 Å². The molecule has 0 radical (unpaired) electrons. The zero-order valence-electron chi connectivity index (χ0n) is 12.8. The van der Waals surface area contributed by atoms with E-state index in [4.69, 9.17) is 5.73 Å². The van der Waals surface area contributed by atoms with Crippen LogP contribution in [0.4, 0.5) is 0 Å². The highest BCUT2D eigenvalue weighted by atomic mass is 127. The van der Waals surface area contributed by atoms with E-state index in [0.29, 0.717) is 12.5 Å². The Bertz CT molecular complexity index is 454. The zero-order chi connectivity index (χ0) is 15.0. The molecule has 1 aromatic rings. The van der Waals surface area contributed by atoms with E-state index in [-0.39, 0.29) is 42.0 Å². The number of nitrogens with one attached hydrogen (secondary N) is 2. The molecule has 1 amide bonds. The van der Waals surface area contributed by atoms with Gasteiger partial charge in [0.15, 0.2) is 5.96 Å². The molecule has 4 N–H and O–H groups in total. The van der Waals surface area contributed by atoms with Gasteiger partial charge in [0.25, 0.3) is 0 Å². The van der Waals surface area contributed by atoms with Gasteiger partial charge in [-0.05, 0) is 32.8 Å². The second-order valence-electron chi connectivity index (χ2n) is 5.66. The second kappa shape index (κ2) is 9.59. The van der Waals surface area contributed by atoms with Gasteiger partial charge in [-0.3, -0.25) is 4.79 Å². The zero-order valence-corrected chi connectivity index (χ0v) is 15.2. The summed E-state index contributed by atoms with van der Waals surface area (Å²) in [6.07, 6.45) is 0.866. The van der Waals surface area contributed by atoms with Crippen LogP contribution in [0.1, 0.15) is 26.3 Å². The lowest BCUT2D eigenvalue weighted by Gasteiger charge is -2.19. The first kappa shape index (κ1) is 19.7. The van der Waals surface area contributed by atoms with E-state index in [1.807, 2.05) is 39.0 Å². The van der Waals surface area contributed by atoms with E-state index in [2.05, 4.69) is 27.8 Å². The first-order valence-electron chi connectivity index (χ1n) is 6.75. The monoisotopic (exact) mass is 404 g/mol. The number of guanidine groups is 1. The molecule has 0 aliphatic heterocycles. The summed E-state index contributed by atoms with van der Waals surface area (Å²) in [7, 11) is 0. The number of carbonyl (C=O) groups excluding carboxylic acids is 1. The van der Waals surface area contributed by atoms with Crippen LogP contribution < -0.4 is 16.4 Å². The molecule has 0 heterocycles. The largest absolute Gasteiger partial charge is 0.370 e. The predicted octanol–water partition coefficient (Wildman–Crippen LogP) is 1.67. The summed E-state index contributed by atoms with van der Waals surface area (Å²) < 4.78 is 0. The Morgan fingerprint density at radius 3 is 2.43 bits per heavy atom. The quantitative estimate of drug-likeness (QED) is 0.397. The SMILES string of the molecule is CC(C)(C)NC(=O)CN=C(N)NCCc1ccccc1.I. The minimum atomic E-state index is -0.248. The van der Waals surface area contributed by atoms with Gasteiger partial charge in [-0.1, -0.05) is 30.3 Å². The van der Waals surface area contributed by atoms with Crippen LogP contribution in [-0.4, -0.2) is 30.5 Å². The number of aliphatic imine (C=N–C) groups is 1. The maximum absolute atomic E-state index is 11.6. The molecule has 0 aliphatic rings. The number of benzene rings is 1. The smallest absolute Gasteiger partial charge is 0.242 e. The summed E-state index contributed by atoms with van der Waals surface area (Å²) in [5, 5.41) is 5.82. The van der Waals surface area contributed by atoms with Crippen molar-refractivity contribution in [1.82, 2.24) is 10.6 Å². The molecule has 0 atom stereocenters. The van der Waals surface area contributed by atoms with Gasteiger partial charge in [-0.2, -0.15) is 0 Å². The van der Waals surface area contributed by atoms with Crippen LogP contribution in [0.15, 0.2) is 35.3 Å². The van der Waals surface area contributed by atoms with E-state index >= 15 is 0 Å². The van der Waals surface area contributed by atoms with Crippen molar-refractivity contribution < 1.29 is 4.79 Å². The molecule has 6 heteroatoms. The summed E-state index contributed by atoms with van der Waals surface area (Å²) in [5.74, 6) is 0.162. The Kier molecular flexibility index (Phi) is 9.00. The number of carbonyl (C=O) groups is 1. The number of hydrogen-bond donors (Lipinski definition) is 3. The molecule has 0 saturated heterocycles. The third kappa shape index (κ3) is 10.1. The van der Waals surface area contributed by atoms with E-state index in [1.165, 1.54) is 5.56 Å². The Morgan fingerprint density at radius 1 is 1.24 bits per heavy atom. The fraction of sp³-hybridized carbons (Fsp3) is 0.467. The van der Waals surface area contributed by atoms with Gasteiger partial charge >= 0.3 is 0 Å². The van der Waals surface area contributed by atoms with E-state index in [1.54, 1.807) is 0 Å². The van der Waals surface area contributed by atoms with Gasteiger partial charge < -0.3 is 16.4 Å². The highest BCUT2D eigenvalue weighted by Gasteiger charge is 2.12. The summed E-state index contributed by atoms with van der Waals surface area (Å²) in [6, 6.07) is 10.1. The minimum Gasteiger partial charge on any atom is -0.370 e. The molecule has 0 aromatic heterocycles. The van der Waals surface area contributed by atoms with Crippen molar-refractivity contribution >= 4 is 35.8 Å². The predicted molar refractivity (Wildman–Crippen MR) is 97.9 cm³/mol. The summed E-state index contributed by atoms with van der Waals surface area (Å²) >= 11 is 0. The molecular formula is C15H25IN4O. The molecule has 0 spiro atoms. The highest BCUT2D eigenvalue weighted by molar-refractivity contribution is 14.0. The first-order chi connectivity index (χ1) is 9.37. The summed E-state index contributed by atoms with van der Waals surface area (Å²) in [5.41, 5.74) is 6.70. The molecule has 21 heavy (non-hydrogen) atoms. The first-order valence-corrected chi connectivity index (χ1v) is 6.75. The molecule has 1 rings (SSSR count). The number of hydrogen-bond acceptors (Lipinski definition) is 2. The normalized spacial score (nSPS) is 11.5. The number of nitrogens with two attached hydrogens (primary N) is 1. The van der Waals surface area contributed by atoms with Gasteiger partial charge in [0.2, 0.25) is 5.91 Å². The van der Waals surface area contributed by atoms with E-state index in [0.717, 1.165) is 6.42 Å². The molecule has 0 unspecified atom stereocenters. The Hall–Kier alpha value is -1.31. The van der Waals surface area contributed by atoms with Crippen LogP contribution in [-0.2, 0) is 11.2 Å². The van der Waals surface area contributed by atoms with Crippen molar-refractivity contribution in [3.8, 4) is 0 Å². The van der Waals surface area contributed by atoms with E-state index < -0.39 is 0 Å². The summed E-state index contributed by atoms with van der Waals surface area (Å²) in [4.78, 5) is 15.6. The third-order valence-corrected chi connectivity index (χ3v) is 2.47. The average Bonchev–Trinajstić information content (AvgIpc) is 2.36. The van der Waals surface area contributed by atoms with Gasteiger partial charge in [0.1, 0.15) is 6.54 Å². The Morgan fingerprint density at radius 2 is 1.86 bits per heavy atom. The molecule has 0 bridgehead atoms. The lowest BCUT2D eigenvalue weighted by atomic mass is 10.1. The van der Waals surface area contributed by atoms with Crippen molar-refractivity contribution in [3.05, 3.63) is 35.9 Å². The lowest BCUT2D eigenvalue weighted by Crippen LogP contribution is -2.42. The molecule has 0 fully saturated rings. The van der Waals surface area contributed by atoms with Crippen LogP contribution in [0.3, 0.4) is 0 Å². The number of rotatable bonds is 5. The van der Waals surface area contributed by atoms with Crippen molar-refractivity contribution in [2.75, 3.05) is 13.1 Å². The fourth-order valence-corrected chi connectivity index (χ4v) is 1.65. The van der Waals surface area contributed by atoms with Crippen LogP contribution in [0.5, 0.6) is 0 Å². The Labute approximate surface area is 143 Å². The second-order valence-corrected chi connectivity index (χ2v) is 5.66. The topological polar surface area (TPSA) is 79.5 Å². The average molecular weight is 404 g/mol. The molecule has 0 saturated carbocycles. The fourth-order valence-electron chi connectivity index (χ4n) is 1.65. The van der Waals surface area contributed by atoms with Gasteiger partial charge in [-0.15, -0.1) is 24.0 Å². The molecule has 118 valence electrons. The molecule has 0 aliphatic carbocycles. The van der Waals surface area contributed by atoms with Gasteiger partial charge in [0.05, 0.1) is 0 Å². The standard InChI is InChI=1S/C15H24N4O.HI/c1-15(2,3)19-13(20)11-18-14(16)17-10-9-12-7-5-4-6-8-12;/h4-8H,9-11H2,1-3H3,(H,19,20)(H3,16,17,18);1H. The third-order valence-electron chi connectivity index (χ3n) is 2.47. The van der Waals surface area contributed by atoms with Gasteiger partial charge in [-0.25, -0.2) is 4.99 Å². The number of nitrogens with zero attached hydrogens (tertiary/aromatic N) is 1. The van der Waals surface area contributed by atoms with Crippen LogP contribution in [0, 0.1) is 0 Å². The maximum atomic E-state index is 11.6. The lowest BCUT2D eigenvalue weighted by molar-refractivity contribution is -0.121. The Balaban J connectivity index is 0.00000400. The minimum absolute atomic E-state index is 0. The summed E-state index contributed by atoms with van der Waals surface area (Å²) in [6.45, 7) is 6.52. The number of amides is 1. The van der Waals surface area contributed by atoms with Crippen molar-refractivity contribution in [1.29, 1.82) is 0 Å². The van der Waals surface area contributed by atoms with Crippen LogP contribution in [0.25, 0.3) is 0 Å². The van der Waals surface area contributed by atoms with Crippen LogP contribution in [0.2, 0.25) is 0 Å². The van der Waals surface area contributed by atoms with E-state index in [9.17, 15) is 4.79 Å². The number of halogens is 1. The highest BCUT2D eigenvalue weighted by Crippen LogP contribution is 1.98. The molecule has 1 aromatic carbocycles. The molecule has 5 nitrogen and oxygen atoms in total. The van der Waals surface area contributed by atoms with Crippen molar-refractivity contribution in [2.24, 2.45) is 10.7 Å².